The molecule has 4 rings (SSSR count). The molecule has 2 bridgehead atoms. The Labute approximate surface area is 208 Å². The summed E-state index contributed by atoms with van der Waals surface area (Å²) in [6.07, 6.45) is 3.00. The molecule has 0 radical (unpaired) electrons. The Morgan fingerprint density at radius 1 is 1.14 bits per heavy atom. The minimum atomic E-state index is -1.40. The molecule has 1 amide bonds. The standard InChI is InChI=1S/C27H29F2N3O4/c1-32(2)12-11-30-25(33)23-21-9-10-27(36-21,24(23)26(34)35-3)22(13-17-7-5-4-6-8-17)31-20-15-18(28)14-19(29)16-20/h4-10,14-16,21-22,31H,11-13H2,1-3H3,(H,30,33). The fourth-order valence-electron chi connectivity index (χ4n) is 4.64. The number of methoxy groups -OCH3 is 1. The first kappa shape index (κ1) is 25.5. The summed E-state index contributed by atoms with van der Waals surface area (Å²) in [6, 6.07) is 11.8. The van der Waals surface area contributed by atoms with Crippen molar-refractivity contribution in [1.82, 2.24) is 10.2 Å². The summed E-state index contributed by atoms with van der Waals surface area (Å²) in [5.41, 5.74) is -0.0744. The Bertz CT molecular complexity index is 1180. The van der Waals surface area contributed by atoms with E-state index in [1.807, 2.05) is 49.3 Å². The first-order valence-corrected chi connectivity index (χ1v) is 11.6. The van der Waals surface area contributed by atoms with E-state index in [2.05, 4.69) is 10.6 Å². The summed E-state index contributed by atoms with van der Waals surface area (Å²) in [5, 5.41) is 6.00. The van der Waals surface area contributed by atoms with Gasteiger partial charge in [0.15, 0.2) is 0 Å². The van der Waals surface area contributed by atoms with E-state index in [9.17, 15) is 18.4 Å². The van der Waals surface area contributed by atoms with Crippen molar-refractivity contribution in [2.45, 2.75) is 24.2 Å². The highest BCUT2D eigenvalue weighted by Crippen LogP contribution is 2.47. The van der Waals surface area contributed by atoms with Crippen LogP contribution in [0.25, 0.3) is 0 Å². The molecule has 0 aliphatic carbocycles. The second-order valence-corrected chi connectivity index (χ2v) is 9.07. The number of fused-ring (bicyclic) bond motifs is 2. The van der Waals surface area contributed by atoms with E-state index in [1.165, 1.54) is 19.2 Å². The molecule has 3 atom stereocenters. The number of carbonyl (C=O) groups excluding carboxylic acids is 2. The first-order valence-electron chi connectivity index (χ1n) is 11.6. The molecule has 2 aliphatic rings. The molecule has 2 aliphatic heterocycles. The van der Waals surface area contributed by atoms with Gasteiger partial charge in [-0.3, -0.25) is 4.79 Å². The maximum Gasteiger partial charge on any atom is 0.337 e. The Hall–Kier alpha value is -3.56. The predicted molar refractivity (Wildman–Crippen MR) is 131 cm³/mol. The molecule has 36 heavy (non-hydrogen) atoms. The normalized spacial score (nSPS) is 21.1. The van der Waals surface area contributed by atoms with E-state index < -0.39 is 41.3 Å². The Kier molecular flexibility index (Phi) is 7.51. The number of benzene rings is 2. The van der Waals surface area contributed by atoms with Crippen molar-refractivity contribution < 1.29 is 27.8 Å². The lowest BCUT2D eigenvalue weighted by atomic mass is 9.78. The smallest absolute Gasteiger partial charge is 0.337 e. The minimum Gasteiger partial charge on any atom is -0.466 e. The van der Waals surface area contributed by atoms with Crippen LogP contribution in [0, 0.1) is 11.6 Å². The van der Waals surface area contributed by atoms with Crippen LogP contribution in [0.2, 0.25) is 0 Å². The number of halogens is 2. The molecule has 0 aromatic heterocycles. The highest BCUT2D eigenvalue weighted by Gasteiger charge is 2.58. The molecule has 0 saturated heterocycles. The van der Waals surface area contributed by atoms with Gasteiger partial charge in [0, 0.05) is 24.8 Å². The third kappa shape index (κ3) is 5.17. The second kappa shape index (κ2) is 10.6. The van der Waals surface area contributed by atoms with Gasteiger partial charge < -0.3 is 25.0 Å². The van der Waals surface area contributed by atoms with E-state index in [0.29, 0.717) is 19.5 Å². The van der Waals surface area contributed by atoms with Gasteiger partial charge in [0.1, 0.15) is 23.3 Å². The van der Waals surface area contributed by atoms with Gasteiger partial charge in [0.05, 0.1) is 24.3 Å². The molecule has 2 heterocycles. The largest absolute Gasteiger partial charge is 0.466 e. The number of hydrogen-bond donors (Lipinski definition) is 2. The lowest BCUT2D eigenvalue weighted by molar-refractivity contribution is -0.138. The van der Waals surface area contributed by atoms with Crippen LogP contribution < -0.4 is 10.6 Å². The lowest BCUT2D eigenvalue weighted by Gasteiger charge is -2.36. The number of ether oxygens (including phenoxy) is 2. The summed E-state index contributed by atoms with van der Waals surface area (Å²) in [4.78, 5) is 28.2. The van der Waals surface area contributed by atoms with Crippen molar-refractivity contribution in [3.63, 3.8) is 0 Å². The summed E-state index contributed by atoms with van der Waals surface area (Å²) >= 11 is 0. The molecule has 3 unspecified atom stereocenters. The average molecular weight is 498 g/mol. The molecule has 190 valence electrons. The van der Waals surface area contributed by atoms with E-state index in [4.69, 9.17) is 9.47 Å². The number of anilines is 1. The Morgan fingerprint density at radius 2 is 1.83 bits per heavy atom. The van der Waals surface area contributed by atoms with Crippen LogP contribution in [0.5, 0.6) is 0 Å². The van der Waals surface area contributed by atoms with Gasteiger partial charge >= 0.3 is 5.97 Å². The number of likely N-dealkylation sites (N-methyl/N-ethyl adjacent to an activating group) is 1. The van der Waals surface area contributed by atoms with Crippen molar-refractivity contribution in [1.29, 1.82) is 0 Å². The zero-order valence-electron chi connectivity index (χ0n) is 20.4. The zero-order valence-corrected chi connectivity index (χ0v) is 20.4. The molecular formula is C27H29F2N3O4. The van der Waals surface area contributed by atoms with Crippen LogP contribution in [0.3, 0.4) is 0 Å². The summed E-state index contributed by atoms with van der Waals surface area (Å²) in [6.45, 7) is 0.990. The van der Waals surface area contributed by atoms with Crippen LogP contribution in [0.15, 0.2) is 71.8 Å². The van der Waals surface area contributed by atoms with Crippen molar-refractivity contribution in [3.8, 4) is 0 Å². The maximum absolute atomic E-state index is 14.0. The zero-order chi connectivity index (χ0) is 25.9. The molecular weight excluding hydrogens is 468 g/mol. The molecule has 0 fully saturated rings. The molecule has 0 spiro atoms. The molecule has 0 saturated carbocycles. The van der Waals surface area contributed by atoms with Crippen molar-refractivity contribution in [2.75, 3.05) is 39.6 Å². The van der Waals surface area contributed by atoms with E-state index >= 15 is 0 Å². The van der Waals surface area contributed by atoms with Crippen LogP contribution in [-0.2, 0) is 25.5 Å². The number of esters is 1. The second-order valence-electron chi connectivity index (χ2n) is 9.07. The molecule has 2 aromatic carbocycles. The van der Waals surface area contributed by atoms with Gasteiger partial charge in [0.25, 0.3) is 5.91 Å². The SMILES string of the molecule is COC(=O)C1=C(C(=O)NCCN(C)C)C2C=CC1(C(Cc1ccccc1)Nc1cc(F)cc(F)c1)O2. The summed E-state index contributed by atoms with van der Waals surface area (Å²) < 4.78 is 39.4. The van der Waals surface area contributed by atoms with Crippen LogP contribution in [-0.4, -0.2) is 68.8 Å². The fraction of sp³-hybridized carbons (Fsp3) is 0.333. The summed E-state index contributed by atoms with van der Waals surface area (Å²) in [7, 11) is 5.01. The van der Waals surface area contributed by atoms with Crippen LogP contribution in [0.1, 0.15) is 5.56 Å². The molecule has 2 N–H and O–H groups in total. The van der Waals surface area contributed by atoms with Gasteiger partial charge in [-0.15, -0.1) is 0 Å². The quantitative estimate of drug-likeness (QED) is 0.388. The lowest BCUT2D eigenvalue weighted by Crippen LogP contribution is -2.49. The maximum atomic E-state index is 14.0. The van der Waals surface area contributed by atoms with Gasteiger partial charge in [-0.05, 0) is 44.3 Å². The molecule has 9 heteroatoms. The average Bonchev–Trinajstić information content (AvgIpc) is 3.41. The van der Waals surface area contributed by atoms with E-state index in [0.717, 1.165) is 11.6 Å². The Morgan fingerprint density at radius 3 is 2.47 bits per heavy atom. The highest BCUT2D eigenvalue weighted by atomic mass is 19.1. The number of amides is 1. The van der Waals surface area contributed by atoms with E-state index in [-0.39, 0.29) is 16.8 Å². The van der Waals surface area contributed by atoms with Crippen LogP contribution >= 0.6 is 0 Å². The minimum absolute atomic E-state index is 0.0742. The monoisotopic (exact) mass is 497 g/mol. The summed E-state index contributed by atoms with van der Waals surface area (Å²) in [5.74, 6) is -2.62. The molecule has 2 aromatic rings. The number of nitrogens with zero attached hydrogens (tertiary/aromatic N) is 1. The predicted octanol–water partition coefficient (Wildman–Crippen LogP) is 2.84. The van der Waals surface area contributed by atoms with Crippen molar-refractivity contribution >= 4 is 17.6 Å². The fourth-order valence-corrected chi connectivity index (χ4v) is 4.64. The topological polar surface area (TPSA) is 79.9 Å². The van der Waals surface area contributed by atoms with Gasteiger partial charge in [-0.1, -0.05) is 36.4 Å². The van der Waals surface area contributed by atoms with Crippen molar-refractivity contribution in [3.05, 3.63) is 89.0 Å². The number of rotatable bonds is 10. The number of hydrogen-bond acceptors (Lipinski definition) is 6. The third-order valence-electron chi connectivity index (χ3n) is 6.27. The van der Waals surface area contributed by atoms with Crippen LogP contribution in [0.4, 0.5) is 14.5 Å². The highest BCUT2D eigenvalue weighted by molar-refractivity contribution is 6.07. The Balaban J connectivity index is 1.76. The van der Waals surface area contributed by atoms with Gasteiger partial charge in [-0.2, -0.15) is 0 Å². The third-order valence-corrected chi connectivity index (χ3v) is 6.27. The van der Waals surface area contributed by atoms with Gasteiger partial charge in [-0.25, -0.2) is 13.6 Å². The van der Waals surface area contributed by atoms with Crippen molar-refractivity contribution in [2.24, 2.45) is 0 Å². The number of nitrogens with one attached hydrogen (secondary N) is 2. The van der Waals surface area contributed by atoms with Gasteiger partial charge in [0.2, 0.25) is 0 Å². The first-order chi connectivity index (χ1) is 17.2. The van der Waals surface area contributed by atoms with E-state index in [1.54, 1.807) is 12.2 Å². The molecule has 7 nitrogen and oxygen atoms in total. The number of carbonyl (C=O) groups is 2.